The Morgan fingerprint density at radius 2 is 1.92 bits per heavy atom. The molecule has 0 aliphatic carbocycles. The van der Waals surface area contributed by atoms with E-state index in [0.717, 1.165) is 33.2 Å². The van der Waals surface area contributed by atoms with Crippen molar-refractivity contribution in [2.24, 2.45) is 7.05 Å². The van der Waals surface area contributed by atoms with E-state index in [9.17, 15) is 0 Å². The Hall–Kier alpha value is -3.12. The van der Waals surface area contributed by atoms with Crippen molar-refractivity contribution in [2.45, 2.75) is 26.7 Å². The number of pyridine rings is 1. The zero-order valence-corrected chi connectivity index (χ0v) is 15.5. The number of hydrogen-bond donors (Lipinski definition) is 0. The molecular weight excluding hydrogens is 320 g/mol. The molecule has 0 spiro atoms. The van der Waals surface area contributed by atoms with Crippen molar-refractivity contribution >= 4 is 27.6 Å². The van der Waals surface area contributed by atoms with E-state index >= 15 is 0 Å². The van der Waals surface area contributed by atoms with Crippen LogP contribution in [0.3, 0.4) is 0 Å². The van der Waals surface area contributed by atoms with Crippen molar-refractivity contribution in [1.29, 1.82) is 0 Å². The first-order chi connectivity index (χ1) is 12.5. The molecule has 3 heteroatoms. The van der Waals surface area contributed by atoms with Crippen LogP contribution in [0.25, 0.3) is 38.0 Å². The predicted octanol–water partition coefficient (Wildman–Crippen LogP) is 6.06. The Morgan fingerprint density at radius 1 is 1.12 bits per heavy atom. The second-order valence-electron chi connectivity index (χ2n) is 7.11. The van der Waals surface area contributed by atoms with Crippen molar-refractivity contribution in [1.82, 2.24) is 0 Å². The van der Waals surface area contributed by atoms with Gasteiger partial charge >= 0.3 is 0 Å². The number of benzene rings is 2. The van der Waals surface area contributed by atoms with Crippen LogP contribution < -0.4 is 4.57 Å². The fourth-order valence-corrected chi connectivity index (χ4v) is 3.73. The lowest BCUT2D eigenvalue weighted by atomic mass is 9.91. The Bertz CT molecular complexity index is 1190. The van der Waals surface area contributed by atoms with E-state index in [4.69, 9.17) is 11.0 Å². The molecule has 0 saturated heterocycles. The van der Waals surface area contributed by atoms with Gasteiger partial charge in [-0.2, -0.15) is 0 Å². The summed E-state index contributed by atoms with van der Waals surface area (Å²) in [6, 6.07) is 14.2. The smallest absolute Gasteiger partial charge is 0.216 e. The van der Waals surface area contributed by atoms with E-state index in [1.54, 1.807) is 0 Å². The fourth-order valence-electron chi connectivity index (χ4n) is 3.73. The van der Waals surface area contributed by atoms with Crippen LogP contribution in [0.4, 0.5) is 5.69 Å². The third-order valence-corrected chi connectivity index (χ3v) is 5.02. The molecule has 0 aliphatic rings. The highest BCUT2D eigenvalue weighted by molar-refractivity contribution is 6.12. The first kappa shape index (κ1) is 16.4. The molecule has 0 saturated carbocycles. The average Bonchev–Trinajstić information content (AvgIpc) is 3.00. The number of furan rings is 1. The molecule has 0 aliphatic heterocycles. The molecule has 0 amide bonds. The summed E-state index contributed by atoms with van der Waals surface area (Å²) in [5.74, 6) is 0.368. The van der Waals surface area contributed by atoms with Gasteiger partial charge in [0.15, 0.2) is 11.9 Å². The van der Waals surface area contributed by atoms with Crippen LogP contribution in [0.5, 0.6) is 0 Å². The predicted molar refractivity (Wildman–Crippen MR) is 105 cm³/mol. The summed E-state index contributed by atoms with van der Waals surface area (Å²) in [5.41, 5.74) is 7.09. The molecule has 0 N–H and O–H groups in total. The van der Waals surface area contributed by atoms with Gasteiger partial charge in [0.1, 0.15) is 18.2 Å². The van der Waals surface area contributed by atoms with Gasteiger partial charge in [0.2, 0.25) is 5.69 Å². The molecule has 3 nitrogen and oxygen atoms in total. The summed E-state index contributed by atoms with van der Waals surface area (Å²) < 4.78 is 8.47. The van der Waals surface area contributed by atoms with Crippen LogP contribution in [0.1, 0.15) is 30.9 Å². The number of fused-ring (bicyclic) bond motifs is 3. The maximum Gasteiger partial charge on any atom is 0.216 e. The van der Waals surface area contributed by atoms with E-state index in [0.29, 0.717) is 11.6 Å². The maximum absolute atomic E-state index is 7.35. The van der Waals surface area contributed by atoms with Gasteiger partial charge in [-0.3, -0.25) is 0 Å². The topological polar surface area (TPSA) is 21.4 Å². The van der Waals surface area contributed by atoms with E-state index in [2.05, 4.69) is 61.6 Å². The quantitative estimate of drug-likeness (QED) is 0.321. The van der Waals surface area contributed by atoms with Crippen molar-refractivity contribution in [3.8, 4) is 11.3 Å². The van der Waals surface area contributed by atoms with Crippen LogP contribution in [0.2, 0.25) is 0 Å². The molecule has 0 bridgehead atoms. The van der Waals surface area contributed by atoms with Crippen molar-refractivity contribution in [3.63, 3.8) is 0 Å². The molecule has 0 radical (unpaired) electrons. The molecule has 128 valence electrons. The van der Waals surface area contributed by atoms with E-state index in [-0.39, 0.29) is 0 Å². The van der Waals surface area contributed by atoms with Crippen LogP contribution in [0, 0.1) is 13.5 Å². The van der Waals surface area contributed by atoms with E-state index < -0.39 is 0 Å². The number of nitrogens with zero attached hydrogens (tertiary/aromatic N) is 2. The first-order valence-electron chi connectivity index (χ1n) is 8.83. The highest BCUT2D eigenvalue weighted by atomic mass is 16.3. The summed E-state index contributed by atoms with van der Waals surface area (Å²) in [7, 11) is 2.05. The van der Waals surface area contributed by atoms with Crippen LogP contribution in [-0.4, -0.2) is 0 Å². The van der Waals surface area contributed by atoms with Gasteiger partial charge in [0.25, 0.3) is 0 Å². The normalized spacial score (nSPS) is 11.4. The van der Waals surface area contributed by atoms with Crippen molar-refractivity contribution in [3.05, 3.63) is 71.2 Å². The summed E-state index contributed by atoms with van der Waals surface area (Å²) in [5, 5.41) is 2.15. The lowest BCUT2D eigenvalue weighted by Gasteiger charge is -2.12. The largest absolute Gasteiger partial charge is 0.455 e. The second-order valence-corrected chi connectivity index (χ2v) is 7.11. The number of aryl methyl sites for hydroxylation is 2. The third-order valence-electron chi connectivity index (χ3n) is 5.02. The lowest BCUT2D eigenvalue weighted by Crippen LogP contribution is -2.30. The first-order valence-corrected chi connectivity index (χ1v) is 8.83. The molecular formula is C23H21N2O+. The summed E-state index contributed by atoms with van der Waals surface area (Å²) in [6.07, 6.45) is 2.05. The Kier molecular flexibility index (Phi) is 3.77. The molecule has 0 unspecified atom stereocenters. The van der Waals surface area contributed by atoms with Crippen LogP contribution >= 0.6 is 0 Å². The fraction of sp³-hybridized carbons (Fsp3) is 0.217. The minimum Gasteiger partial charge on any atom is -0.455 e. The van der Waals surface area contributed by atoms with Crippen LogP contribution in [-0.2, 0) is 7.05 Å². The van der Waals surface area contributed by atoms with E-state index in [1.165, 1.54) is 11.1 Å². The highest BCUT2D eigenvalue weighted by Crippen LogP contribution is 2.42. The standard InChI is InChI=1S/C23H21N2O/c1-14(2)17-12-15(3)21(19-8-6-7-11-25(19)5)23-22(17)18-13-16(24-4)9-10-20(18)26-23/h6-14H,1-3,5H3/q+1. The molecule has 4 aromatic rings. The average molecular weight is 341 g/mol. The zero-order valence-electron chi connectivity index (χ0n) is 15.5. The molecule has 2 heterocycles. The SMILES string of the molecule is [C-]#[N+]c1ccc2oc3c(-c4cccc[n+]4C)c(C)cc(C(C)C)c3c2c1. The summed E-state index contributed by atoms with van der Waals surface area (Å²) in [6.45, 7) is 13.9. The maximum atomic E-state index is 7.35. The molecule has 2 aromatic heterocycles. The second kappa shape index (κ2) is 6.00. The summed E-state index contributed by atoms with van der Waals surface area (Å²) >= 11 is 0. The lowest BCUT2D eigenvalue weighted by molar-refractivity contribution is -0.660. The van der Waals surface area contributed by atoms with Gasteiger partial charge in [0, 0.05) is 22.9 Å². The van der Waals surface area contributed by atoms with E-state index in [1.807, 2.05) is 24.3 Å². The van der Waals surface area contributed by atoms with Gasteiger partial charge in [-0.25, -0.2) is 9.41 Å². The molecule has 0 atom stereocenters. The van der Waals surface area contributed by atoms with Crippen LogP contribution in [0.15, 0.2) is 53.1 Å². The minimum absolute atomic E-state index is 0.368. The van der Waals surface area contributed by atoms with Crippen molar-refractivity contribution < 1.29 is 8.98 Å². The molecule has 2 aromatic carbocycles. The number of rotatable bonds is 2. The number of hydrogen-bond acceptors (Lipinski definition) is 1. The number of aromatic nitrogens is 1. The van der Waals surface area contributed by atoms with Gasteiger partial charge in [0.05, 0.1) is 12.1 Å². The van der Waals surface area contributed by atoms with Gasteiger partial charge < -0.3 is 4.42 Å². The van der Waals surface area contributed by atoms with Gasteiger partial charge in [-0.1, -0.05) is 26.0 Å². The minimum atomic E-state index is 0.368. The zero-order chi connectivity index (χ0) is 18.4. The third kappa shape index (κ3) is 2.38. The Labute approximate surface area is 153 Å². The Balaban J connectivity index is 2.22. The van der Waals surface area contributed by atoms with Gasteiger partial charge in [-0.05, 0) is 42.2 Å². The highest BCUT2D eigenvalue weighted by Gasteiger charge is 2.23. The van der Waals surface area contributed by atoms with Crippen molar-refractivity contribution in [2.75, 3.05) is 0 Å². The summed E-state index contributed by atoms with van der Waals surface area (Å²) in [4.78, 5) is 3.60. The molecule has 26 heavy (non-hydrogen) atoms. The molecule has 4 rings (SSSR count). The van der Waals surface area contributed by atoms with Gasteiger partial charge in [-0.15, -0.1) is 0 Å². The molecule has 0 fully saturated rings. The monoisotopic (exact) mass is 341 g/mol. The Morgan fingerprint density at radius 3 is 2.62 bits per heavy atom.